The molecule has 2 aromatic rings. The van der Waals surface area contributed by atoms with E-state index in [4.69, 9.17) is 11.6 Å². The number of anilines is 1. The number of rotatable bonds is 5. The van der Waals surface area contributed by atoms with E-state index in [-0.39, 0.29) is 17.0 Å². The summed E-state index contributed by atoms with van der Waals surface area (Å²) < 4.78 is 31.9. The van der Waals surface area contributed by atoms with Gasteiger partial charge in [0.15, 0.2) is 0 Å². The summed E-state index contributed by atoms with van der Waals surface area (Å²) in [6.45, 7) is 1.86. The van der Waals surface area contributed by atoms with Gasteiger partial charge in [0.1, 0.15) is 4.90 Å². The highest BCUT2D eigenvalue weighted by atomic mass is 35.5. The number of halogens is 1. The second-order valence-electron chi connectivity index (χ2n) is 4.61. The summed E-state index contributed by atoms with van der Waals surface area (Å²) in [5, 5.41) is 0.313. The summed E-state index contributed by atoms with van der Waals surface area (Å²) in [4.78, 5) is 11.7. The van der Waals surface area contributed by atoms with Gasteiger partial charge in [-0.3, -0.25) is 4.31 Å². The highest BCUT2D eigenvalue weighted by Gasteiger charge is 2.29. The molecule has 0 aliphatic carbocycles. The van der Waals surface area contributed by atoms with Gasteiger partial charge in [0, 0.05) is 6.54 Å². The van der Waals surface area contributed by atoms with Gasteiger partial charge in [-0.2, -0.15) is 0 Å². The average Bonchev–Trinajstić information content (AvgIpc) is 2.56. The van der Waals surface area contributed by atoms with Gasteiger partial charge >= 0.3 is 5.97 Å². The Labute approximate surface area is 140 Å². The smallest absolute Gasteiger partial charge is 0.339 e. The number of para-hydroxylation sites is 1. The second kappa shape index (κ2) is 7.02. The minimum absolute atomic E-state index is 0.0134. The standard InChI is InChI=1S/C16H16ClNO4S/c1-3-18(14-10-6-5-9-13(14)17)23(20,21)15-11-7-4-8-12(15)16(19)22-2/h4-11H,3H2,1-2H3. The average molecular weight is 354 g/mol. The third kappa shape index (κ3) is 3.33. The Hall–Kier alpha value is -2.05. The van der Waals surface area contributed by atoms with Crippen LogP contribution in [0.5, 0.6) is 0 Å². The van der Waals surface area contributed by atoms with Crippen molar-refractivity contribution in [3.05, 3.63) is 59.1 Å². The van der Waals surface area contributed by atoms with Crippen molar-refractivity contribution >= 4 is 33.3 Å². The fraction of sp³-hybridized carbons (Fsp3) is 0.188. The van der Waals surface area contributed by atoms with E-state index in [0.717, 1.165) is 4.31 Å². The molecule has 2 rings (SSSR count). The molecule has 23 heavy (non-hydrogen) atoms. The van der Waals surface area contributed by atoms with Gasteiger partial charge in [0.05, 0.1) is 23.4 Å². The van der Waals surface area contributed by atoms with Crippen LogP contribution < -0.4 is 4.31 Å². The Morgan fingerprint density at radius 2 is 1.74 bits per heavy atom. The summed E-state index contributed by atoms with van der Waals surface area (Å²) in [6, 6.07) is 12.6. The quantitative estimate of drug-likeness (QED) is 0.773. The third-order valence-electron chi connectivity index (χ3n) is 3.27. The van der Waals surface area contributed by atoms with Gasteiger partial charge in [0.2, 0.25) is 0 Å². The summed E-state index contributed by atoms with van der Waals surface area (Å²) in [6.07, 6.45) is 0. The Bertz CT molecular complexity index is 820. The van der Waals surface area contributed by atoms with E-state index in [1.165, 1.54) is 19.2 Å². The van der Waals surface area contributed by atoms with Crippen LogP contribution in [0.15, 0.2) is 53.4 Å². The molecule has 0 atom stereocenters. The van der Waals surface area contributed by atoms with Gasteiger partial charge in [-0.05, 0) is 31.2 Å². The zero-order chi connectivity index (χ0) is 17.0. The number of carbonyl (C=O) groups excluding carboxylic acids is 1. The van der Waals surface area contributed by atoms with E-state index < -0.39 is 16.0 Å². The molecule has 0 aromatic heterocycles. The van der Waals surface area contributed by atoms with Crippen molar-refractivity contribution in [1.29, 1.82) is 0 Å². The van der Waals surface area contributed by atoms with Crippen LogP contribution in [0.1, 0.15) is 17.3 Å². The number of benzene rings is 2. The zero-order valence-electron chi connectivity index (χ0n) is 12.7. The summed E-state index contributed by atoms with van der Waals surface area (Å²) >= 11 is 6.12. The first-order chi connectivity index (χ1) is 10.9. The Morgan fingerprint density at radius 3 is 2.35 bits per heavy atom. The van der Waals surface area contributed by atoms with Crippen molar-refractivity contribution < 1.29 is 17.9 Å². The molecule has 0 fully saturated rings. The Morgan fingerprint density at radius 1 is 1.13 bits per heavy atom. The highest BCUT2D eigenvalue weighted by molar-refractivity contribution is 7.93. The largest absolute Gasteiger partial charge is 0.465 e. The van der Waals surface area contributed by atoms with Crippen LogP contribution in [0.25, 0.3) is 0 Å². The fourth-order valence-electron chi connectivity index (χ4n) is 2.21. The van der Waals surface area contributed by atoms with Gasteiger partial charge in [-0.1, -0.05) is 35.9 Å². The number of ether oxygens (including phenoxy) is 1. The SMILES string of the molecule is CCN(c1ccccc1Cl)S(=O)(=O)c1ccccc1C(=O)OC. The number of methoxy groups -OCH3 is 1. The van der Waals surface area contributed by atoms with E-state index in [1.807, 2.05) is 0 Å². The van der Waals surface area contributed by atoms with Gasteiger partial charge in [0.25, 0.3) is 10.0 Å². The van der Waals surface area contributed by atoms with Crippen LogP contribution in [-0.2, 0) is 14.8 Å². The minimum atomic E-state index is -3.96. The fourth-order valence-corrected chi connectivity index (χ4v) is 4.18. The number of hydrogen-bond acceptors (Lipinski definition) is 4. The molecule has 7 heteroatoms. The van der Waals surface area contributed by atoms with E-state index in [2.05, 4.69) is 4.74 Å². The summed E-state index contributed by atoms with van der Waals surface area (Å²) in [7, 11) is -2.76. The molecule has 0 aliphatic heterocycles. The van der Waals surface area contributed by atoms with Crippen LogP contribution >= 0.6 is 11.6 Å². The first kappa shape index (κ1) is 17.3. The molecule has 0 unspecified atom stereocenters. The molecule has 122 valence electrons. The maximum atomic E-state index is 13.0. The van der Waals surface area contributed by atoms with Gasteiger partial charge in [-0.25, -0.2) is 13.2 Å². The maximum Gasteiger partial charge on any atom is 0.339 e. The molecule has 2 aromatic carbocycles. The number of esters is 1. The van der Waals surface area contributed by atoms with Crippen molar-refractivity contribution in [1.82, 2.24) is 0 Å². The number of sulfonamides is 1. The lowest BCUT2D eigenvalue weighted by atomic mass is 10.2. The molecular weight excluding hydrogens is 338 g/mol. The highest BCUT2D eigenvalue weighted by Crippen LogP contribution is 2.31. The number of hydrogen-bond donors (Lipinski definition) is 0. The summed E-state index contributed by atoms with van der Waals surface area (Å²) in [5.74, 6) is -0.709. The topological polar surface area (TPSA) is 63.7 Å². The molecule has 0 spiro atoms. The maximum absolute atomic E-state index is 13.0. The number of carbonyl (C=O) groups is 1. The molecule has 0 bridgehead atoms. The van der Waals surface area contributed by atoms with Crippen LogP contribution in [0.3, 0.4) is 0 Å². The first-order valence-electron chi connectivity index (χ1n) is 6.88. The first-order valence-corrected chi connectivity index (χ1v) is 8.70. The van der Waals surface area contributed by atoms with E-state index in [9.17, 15) is 13.2 Å². The lowest BCUT2D eigenvalue weighted by Crippen LogP contribution is -2.32. The predicted octanol–water partition coefficient (Wildman–Crippen LogP) is 3.34. The lowest BCUT2D eigenvalue weighted by Gasteiger charge is -2.24. The predicted molar refractivity (Wildman–Crippen MR) is 89.4 cm³/mol. The van der Waals surface area contributed by atoms with Crippen LogP contribution in [0.4, 0.5) is 5.69 Å². The molecular formula is C16H16ClNO4S. The molecule has 0 saturated heterocycles. The van der Waals surface area contributed by atoms with E-state index in [0.29, 0.717) is 10.7 Å². The Balaban J connectivity index is 2.62. The third-order valence-corrected chi connectivity index (χ3v) is 5.54. The van der Waals surface area contributed by atoms with Crippen molar-refractivity contribution in [2.45, 2.75) is 11.8 Å². The van der Waals surface area contributed by atoms with Gasteiger partial charge < -0.3 is 4.74 Å². The molecule has 0 saturated carbocycles. The number of nitrogens with zero attached hydrogens (tertiary/aromatic N) is 1. The van der Waals surface area contributed by atoms with E-state index in [1.54, 1.807) is 43.3 Å². The van der Waals surface area contributed by atoms with Crippen molar-refractivity contribution in [3.63, 3.8) is 0 Å². The second-order valence-corrected chi connectivity index (χ2v) is 6.85. The molecule has 0 N–H and O–H groups in total. The molecule has 0 heterocycles. The van der Waals surface area contributed by atoms with Crippen molar-refractivity contribution in [2.75, 3.05) is 18.0 Å². The monoisotopic (exact) mass is 353 g/mol. The van der Waals surface area contributed by atoms with E-state index >= 15 is 0 Å². The van der Waals surface area contributed by atoms with Gasteiger partial charge in [-0.15, -0.1) is 0 Å². The molecule has 0 aliphatic rings. The molecule has 0 radical (unpaired) electrons. The molecule has 0 amide bonds. The summed E-state index contributed by atoms with van der Waals surface area (Å²) in [5.41, 5.74) is 0.344. The molecule has 5 nitrogen and oxygen atoms in total. The van der Waals surface area contributed by atoms with Crippen molar-refractivity contribution in [3.8, 4) is 0 Å². The Kier molecular flexibility index (Phi) is 5.28. The van der Waals surface area contributed by atoms with Crippen LogP contribution in [0, 0.1) is 0 Å². The minimum Gasteiger partial charge on any atom is -0.465 e. The zero-order valence-corrected chi connectivity index (χ0v) is 14.3. The van der Waals surface area contributed by atoms with Crippen LogP contribution in [-0.4, -0.2) is 28.0 Å². The lowest BCUT2D eigenvalue weighted by molar-refractivity contribution is 0.0596. The van der Waals surface area contributed by atoms with Crippen molar-refractivity contribution in [2.24, 2.45) is 0 Å². The van der Waals surface area contributed by atoms with Crippen LogP contribution in [0.2, 0.25) is 5.02 Å². The normalized spacial score (nSPS) is 11.1.